The van der Waals surface area contributed by atoms with Gasteiger partial charge in [-0.3, -0.25) is 0 Å². The van der Waals surface area contributed by atoms with Crippen molar-refractivity contribution in [2.45, 2.75) is 5.16 Å². The van der Waals surface area contributed by atoms with Crippen molar-refractivity contribution < 1.29 is 4.74 Å². The Kier molecular flexibility index (Phi) is 3.16. The predicted octanol–water partition coefficient (Wildman–Crippen LogP) is 1.84. The van der Waals surface area contributed by atoms with E-state index in [0.717, 1.165) is 53.8 Å². The number of fused-ring (bicyclic) bond motifs is 3. The Morgan fingerprint density at radius 3 is 2.86 bits per heavy atom. The van der Waals surface area contributed by atoms with Gasteiger partial charge in [-0.2, -0.15) is 0 Å². The highest BCUT2D eigenvalue weighted by atomic mass is 32.2. The number of nitrogens with zero attached hydrogens (tertiary/aromatic N) is 5. The molecule has 3 aromatic heterocycles. The predicted molar refractivity (Wildman–Crippen MR) is 83.1 cm³/mol. The van der Waals surface area contributed by atoms with Crippen molar-refractivity contribution >= 4 is 34.1 Å². The second-order valence-electron chi connectivity index (χ2n) is 4.86. The highest BCUT2D eigenvalue weighted by molar-refractivity contribution is 7.98. The van der Waals surface area contributed by atoms with Crippen molar-refractivity contribution in [1.82, 2.24) is 19.6 Å². The quantitative estimate of drug-likeness (QED) is 0.532. The van der Waals surface area contributed by atoms with Crippen LogP contribution in [-0.2, 0) is 4.74 Å². The van der Waals surface area contributed by atoms with Crippen LogP contribution in [0.2, 0.25) is 0 Å². The van der Waals surface area contributed by atoms with Crippen molar-refractivity contribution in [2.24, 2.45) is 0 Å². The Bertz CT molecular complexity index is 797. The highest BCUT2D eigenvalue weighted by Crippen LogP contribution is 2.30. The maximum absolute atomic E-state index is 5.45. The van der Waals surface area contributed by atoms with E-state index < -0.39 is 0 Å². The third-order valence-electron chi connectivity index (χ3n) is 3.64. The fourth-order valence-electron chi connectivity index (χ4n) is 2.64. The van der Waals surface area contributed by atoms with Gasteiger partial charge in [0.15, 0.2) is 10.8 Å². The maximum atomic E-state index is 5.45. The van der Waals surface area contributed by atoms with Gasteiger partial charge >= 0.3 is 0 Å². The lowest BCUT2D eigenvalue weighted by Gasteiger charge is -2.28. The molecule has 108 valence electrons. The zero-order valence-corrected chi connectivity index (χ0v) is 12.5. The SMILES string of the molecule is CSc1nc(N2CCOCC2)c2c(n1)nn1ccccc21. The summed E-state index contributed by atoms with van der Waals surface area (Å²) >= 11 is 1.54. The molecule has 7 heteroatoms. The van der Waals surface area contributed by atoms with Gasteiger partial charge in [0.2, 0.25) is 0 Å². The molecule has 0 bridgehead atoms. The molecular weight excluding hydrogens is 286 g/mol. The van der Waals surface area contributed by atoms with Gasteiger partial charge in [-0.25, -0.2) is 14.5 Å². The number of hydrogen-bond acceptors (Lipinski definition) is 6. The Hall–Kier alpha value is -1.86. The fraction of sp³-hybridized carbons (Fsp3) is 0.357. The van der Waals surface area contributed by atoms with Crippen LogP contribution in [0.5, 0.6) is 0 Å². The van der Waals surface area contributed by atoms with E-state index in [1.165, 1.54) is 0 Å². The number of rotatable bonds is 2. The number of anilines is 1. The molecule has 0 spiro atoms. The van der Waals surface area contributed by atoms with Crippen LogP contribution in [-0.4, -0.2) is 52.1 Å². The summed E-state index contributed by atoms with van der Waals surface area (Å²) in [6, 6.07) is 6.04. The van der Waals surface area contributed by atoms with E-state index in [2.05, 4.69) is 21.0 Å². The van der Waals surface area contributed by atoms with Crippen LogP contribution in [0.15, 0.2) is 29.6 Å². The molecule has 1 aliphatic heterocycles. The largest absolute Gasteiger partial charge is 0.378 e. The van der Waals surface area contributed by atoms with E-state index in [4.69, 9.17) is 9.72 Å². The molecule has 4 heterocycles. The van der Waals surface area contributed by atoms with Gasteiger partial charge in [-0.15, -0.1) is 5.10 Å². The lowest BCUT2D eigenvalue weighted by atomic mass is 10.2. The maximum Gasteiger partial charge on any atom is 0.191 e. The van der Waals surface area contributed by atoms with Crippen LogP contribution in [0.4, 0.5) is 5.82 Å². The van der Waals surface area contributed by atoms with Crippen molar-refractivity contribution in [3.8, 4) is 0 Å². The lowest BCUT2D eigenvalue weighted by molar-refractivity contribution is 0.122. The van der Waals surface area contributed by atoms with Gasteiger partial charge < -0.3 is 9.64 Å². The molecule has 1 fully saturated rings. The third kappa shape index (κ3) is 2.13. The first-order valence-corrected chi connectivity index (χ1v) is 8.11. The molecule has 0 unspecified atom stereocenters. The molecule has 1 aliphatic rings. The average Bonchev–Trinajstić information content (AvgIpc) is 2.93. The molecule has 21 heavy (non-hydrogen) atoms. The lowest BCUT2D eigenvalue weighted by Crippen LogP contribution is -2.37. The van der Waals surface area contributed by atoms with Crippen LogP contribution >= 0.6 is 11.8 Å². The second-order valence-corrected chi connectivity index (χ2v) is 5.64. The third-order valence-corrected chi connectivity index (χ3v) is 4.19. The number of thioether (sulfide) groups is 1. The van der Waals surface area contributed by atoms with Gasteiger partial charge in [-0.1, -0.05) is 17.8 Å². The zero-order chi connectivity index (χ0) is 14.2. The van der Waals surface area contributed by atoms with Crippen molar-refractivity contribution in [3.63, 3.8) is 0 Å². The molecule has 0 amide bonds. The number of morpholine rings is 1. The van der Waals surface area contributed by atoms with Gasteiger partial charge in [0.1, 0.15) is 5.82 Å². The molecular formula is C14H15N5OS. The number of hydrogen-bond donors (Lipinski definition) is 0. The number of aromatic nitrogens is 4. The minimum atomic E-state index is 0.735. The summed E-state index contributed by atoms with van der Waals surface area (Å²) in [4.78, 5) is 11.5. The minimum Gasteiger partial charge on any atom is -0.378 e. The molecule has 4 rings (SSSR count). The monoisotopic (exact) mass is 301 g/mol. The van der Waals surface area contributed by atoms with E-state index >= 15 is 0 Å². The topological polar surface area (TPSA) is 55.5 Å². The molecule has 1 saturated heterocycles. The molecule has 0 aliphatic carbocycles. The standard InChI is InChI=1S/C14H15N5OS/c1-21-14-15-12-11(10-4-2-3-5-19(10)17-12)13(16-14)18-6-8-20-9-7-18/h2-5H,6-9H2,1H3. The van der Waals surface area contributed by atoms with E-state index in [0.29, 0.717) is 0 Å². The Labute approximate surface area is 126 Å². The van der Waals surface area contributed by atoms with Crippen molar-refractivity contribution in [1.29, 1.82) is 0 Å². The van der Waals surface area contributed by atoms with E-state index in [1.807, 2.05) is 29.1 Å². The minimum absolute atomic E-state index is 0.735. The Morgan fingerprint density at radius 2 is 2.05 bits per heavy atom. The highest BCUT2D eigenvalue weighted by Gasteiger charge is 2.20. The summed E-state index contributed by atoms with van der Waals surface area (Å²) in [7, 11) is 0. The molecule has 0 N–H and O–H groups in total. The van der Waals surface area contributed by atoms with Crippen LogP contribution in [0.1, 0.15) is 0 Å². The van der Waals surface area contributed by atoms with Gasteiger partial charge in [-0.05, 0) is 18.4 Å². The summed E-state index contributed by atoms with van der Waals surface area (Å²) in [5, 5.41) is 6.35. The second kappa shape index (κ2) is 5.16. The number of pyridine rings is 1. The first-order chi connectivity index (χ1) is 10.4. The molecule has 0 saturated carbocycles. The normalized spacial score (nSPS) is 16.0. The van der Waals surface area contributed by atoms with Crippen molar-refractivity contribution in [2.75, 3.05) is 37.5 Å². The molecule has 0 atom stereocenters. The van der Waals surface area contributed by atoms with Gasteiger partial charge in [0.05, 0.1) is 24.1 Å². The van der Waals surface area contributed by atoms with Gasteiger partial charge in [0.25, 0.3) is 0 Å². The van der Waals surface area contributed by atoms with E-state index in [1.54, 1.807) is 11.8 Å². The molecule has 0 aromatic carbocycles. The summed E-state index contributed by atoms with van der Waals surface area (Å²) in [6.45, 7) is 3.17. The van der Waals surface area contributed by atoms with Crippen LogP contribution in [0.25, 0.3) is 16.6 Å². The summed E-state index contributed by atoms with van der Waals surface area (Å²) in [5.41, 5.74) is 1.80. The molecule has 0 radical (unpaired) electrons. The van der Waals surface area contributed by atoms with Gasteiger partial charge in [0, 0.05) is 19.3 Å². The first kappa shape index (κ1) is 12.8. The molecule has 3 aromatic rings. The van der Waals surface area contributed by atoms with Crippen molar-refractivity contribution in [3.05, 3.63) is 24.4 Å². The summed E-state index contributed by atoms with van der Waals surface area (Å²) in [6.07, 6.45) is 3.93. The Morgan fingerprint density at radius 1 is 1.19 bits per heavy atom. The summed E-state index contributed by atoms with van der Waals surface area (Å²) < 4.78 is 7.32. The fourth-order valence-corrected chi connectivity index (χ4v) is 2.99. The first-order valence-electron chi connectivity index (χ1n) is 6.88. The van der Waals surface area contributed by atoms with Crippen LogP contribution < -0.4 is 4.90 Å². The van der Waals surface area contributed by atoms with E-state index in [-0.39, 0.29) is 0 Å². The smallest absolute Gasteiger partial charge is 0.191 e. The van der Waals surface area contributed by atoms with Crippen LogP contribution in [0.3, 0.4) is 0 Å². The molecule has 6 nitrogen and oxygen atoms in total. The van der Waals surface area contributed by atoms with E-state index in [9.17, 15) is 0 Å². The zero-order valence-electron chi connectivity index (χ0n) is 11.7. The number of ether oxygens (including phenoxy) is 1. The summed E-state index contributed by atoms with van der Waals surface area (Å²) in [5.74, 6) is 0.967. The van der Waals surface area contributed by atoms with Crippen LogP contribution in [0, 0.1) is 0 Å². The Balaban J connectivity index is 2.00. The average molecular weight is 301 g/mol.